The van der Waals surface area contributed by atoms with Gasteiger partial charge >= 0.3 is 0 Å². The number of imide groups is 1. The maximum atomic E-state index is 14.0. The molecule has 1 fully saturated rings. The SMILES string of the molecule is C=Cc1ccc(N2C(=O)C3CC=C4C(c5cc(Br)c(O)c(OC)c5)C5=C(CC4C3C2=O)C(=O)C(Br)=CC5=O)cc1. The zero-order valence-electron chi connectivity index (χ0n) is 21.3. The van der Waals surface area contributed by atoms with Crippen molar-refractivity contribution in [3.8, 4) is 11.5 Å². The smallest absolute Gasteiger partial charge is 0.238 e. The molecule has 0 bridgehead atoms. The molecule has 202 valence electrons. The van der Waals surface area contributed by atoms with Crippen LogP contribution >= 0.6 is 31.9 Å². The van der Waals surface area contributed by atoms with Gasteiger partial charge in [0.1, 0.15) is 0 Å². The number of aromatic hydroxyl groups is 1. The molecule has 0 saturated carbocycles. The minimum atomic E-state index is -0.682. The summed E-state index contributed by atoms with van der Waals surface area (Å²) in [6, 6.07) is 10.4. The first-order chi connectivity index (χ1) is 19.2. The van der Waals surface area contributed by atoms with Crippen molar-refractivity contribution in [3.05, 3.63) is 91.9 Å². The number of fused-ring (bicyclic) bond motifs is 3. The van der Waals surface area contributed by atoms with E-state index in [1.54, 1.807) is 42.5 Å². The Labute approximate surface area is 247 Å². The number of ketones is 2. The zero-order valence-corrected chi connectivity index (χ0v) is 24.5. The van der Waals surface area contributed by atoms with Crippen molar-refractivity contribution in [1.82, 2.24) is 0 Å². The molecule has 1 aliphatic heterocycles. The van der Waals surface area contributed by atoms with Gasteiger partial charge in [-0.05, 0) is 86.0 Å². The van der Waals surface area contributed by atoms with Gasteiger partial charge in [-0.2, -0.15) is 0 Å². The number of benzene rings is 2. The number of allylic oxidation sites excluding steroid dienone is 6. The van der Waals surface area contributed by atoms with Gasteiger partial charge in [0.25, 0.3) is 0 Å². The fourth-order valence-corrected chi connectivity index (χ4v) is 7.42. The van der Waals surface area contributed by atoms with E-state index in [2.05, 4.69) is 38.4 Å². The molecule has 3 aliphatic carbocycles. The highest BCUT2D eigenvalue weighted by molar-refractivity contribution is 9.12. The number of ether oxygens (including phenoxy) is 1. The minimum absolute atomic E-state index is 0.0890. The maximum Gasteiger partial charge on any atom is 0.238 e. The van der Waals surface area contributed by atoms with Crippen LogP contribution in [0.2, 0.25) is 0 Å². The van der Waals surface area contributed by atoms with Gasteiger partial charge in [0.05, 0.1) is 33.6 Å². The van der Waals surface area contributed by atoms with Gasteiger partial charge < -0.3 is 9.84 Å². The molecule has 2 amide bonds. The zero-order chi connectivity index (χ0) is 28.5. The highest BCUT2D eigenvalue weighted by atomic mass is 79.9. The Morgan fingerprint density at radius 3 is 2.45 bits per heavy atom. The van der Waals surface area contributed by atoms with Crippen molar-refractivity contribution < 1.29 is 29.0 Å². The van der Waals surface area contributed by atoms with E-state index < -0.39 is 23.7 Å². The van der Waals surface area contributed by atoms with Gasteiger partial charge in [-0.15, -0.1) is 0 Å². The average molecular weight is 665 g/mol. The molecule has 0 radical (unpaired) electrons. The number of Topliss-reactive ketones (excluding diaryl/α,β-unsaturated/α-hetero) is 1. The molecular weight excluding hydrogens is 642 g/mol. The molecule has 1 heterocycles. The summed E-state index contributed by atoms with van der Waals surface area (Å²) in [7, 11) is 1.43. The summed E-state index contributed by atoms with van der Waals surface area (Å²) in [6.07, 6.45) is 5.43. The standard InChI is InChI=1S/C31H23Br2NO6/c1-3-14-4-6-16(7-5-14)34-30(38)18-9-8-17-19(26(18)31(34)39)12-20-27(23(35)13-22(33)28(20)36)25(17)15-10-21(32)29(37)24(11-15)40-2/h3-8,10-11,13,18-19,25-26,37H,1,9,12H2,2H3. The molecule has 40 heavy (non-hydrogen) atoms. The predicted molar refractivity (Wildman–Crippen MR) is 156 cm³/mol. The second-order valence-corrected chi connectivity index (χ2v) is 12.0. The number of carbonyl (C=O) groups excluding carboxylic acids is 4. The lowest BCUT2D eigenvalue weighted by atomic mass is 9.59. The first-order valence-corrected chi connectivity index (χ1v) is 14.3. The van der Waals surface area contributed by atoms with E-state index in [1.807, 2.05) is 6.08 Å². The summed E-state index contributed by atoms with van der Waals surface area (Å²) in [6.45, 7) is 3.75. The number of methoxy groups -OCH3 is 1. The predicted octanol–water partition coefficient (Wildman–Crippen LogP) is 5.77. The van der Waals surface area contributed by atoms with Crippen LogP contribution in [0.5, 0.6) is 11.5 Å². The lowest BCUT2D eigenvalue weighted by Crippen LogP contribution is -2.39. The van der Waals surface area contributed by atoms with Gasteiger partial charge in [0.15, 0.2) is 23.1 Å². The van der Waals surface area contributed by atoms with Crippen molar-refractivity contribution in [3.63, 3.8) is 0 Å². The van der Waals surface area contributed by atoms with Crippen LogP contribution in [0.15, 0.2) is 80.8 Å². The van der Waals surface area contributed by atoms with Gasteiger partial charge in [0, 0.05) is 23.1 Å². The molecule has 4 atom stereocenters. The molecule has 0 aromatic heterocycles. The molecular formula is C31H23Br2NO6. The van der Waals surface area contributed by atoms with Crippen molar-refractivity contribution in [1.29, 1.82) is 0 Å². The van der Waals surface area contributed by atoms with Crippen LogP contribution in [-0.2, 0) is 19.2 Å². The van der Waals surface area contributed by atoms with E-state index >= 15 is 0 Å². The fourth-order valence-electron chi connectivity index (χ4n) is 6.52. The van der Waals surface area contributed by atoms with Crippen LogP contribution in [0.4, 0.5) is 5.69 Å². The fraction of sp³-hybridized carbons (Fsp3) is 0.226. The summed E-state index contributed by atoms with van der Waals surface area (Å²) in [5.41, 5.74) is 3.49. The molecule has 1 saturated heterocycles. The molecule has 4 unspecified atom stereocenters. The van der Waals surface area contributed by atoms with E-state index in [9.17, 15) is 24.3 Å². The normalized spacial score (nSPS) is 25.7. The molecule has 6 rings (SSSR count). The topological polar surface area (TPSA) is 101 Å². The number of phenolic OH excluding ortho intramolecular Hbond substituents is 1. The highest BCUT2D eigenvalue weighted by Gasteiger charge is 2.56. The Morgan fingerprint density at radius 2 is 1.77 bits per heavy atom. The third-order valence-electron chi connectivity index (χ3n) is 8.32. The summed E-state index contributed by atoms with van der Waals surface area (Å²) in [5, 5.41) is 10.4. The Balaban J connectivity index is 1.49. The Bertz CT molecular complexity index is 1630. The summed E-state index contributed by atoms with van der Waals surface area (Å²) in [5.74, 6) is -3.45. The number of rotatable bonds is 4. The number of anilines is 1. The van der Waals surface area contributed by atoms with Crippen molar-refractivity contribution in [2.24, 2.45) is 17.8 Å². The van der Waals surface area contributed by atoms with Crippen LogP contribution in [0.1, 0.15) is 29.9 Å². The number of halogens is 2. The van der Waals surface area contributed by atoms with Crippen LogP contribution in [-0.4, -0.2) is 35.6 Å². The van der Waals surface area contributed by atoms with Crippen LogP contribution in [0.25, 0.3) is 6.08 Å². The third kappa shape index (κ3) is 3.89. The number of nitrogens with zero attached hydrogens (tertiary/aromatic N) is 1. The van der Waals surface area contributed by atoms with E-state index in [-0.39, 0.29) is 45.8 Å². The molecule has 2 aromatic rings. The highest BCUT2D eigenvalue weighted by Crippen LogP contribution is 2.56. The number of hydrogen-bond acceptors (Lipinski definition) is 6. The lowest BCUT2D eigenvalue weighted by Gasteiger charge is -2.42. The Morgan fingerprint density at radius 1 is 1.05 bits per heavy atom. The van der Waals surface area contributed by atoms with Gasteiger partial charge in [0.2, 0.25) is 11.8 Å². The quantitative estimate of drug-likeness (QED) is 0.253. The molecule has 9 heteroatoms. The van der Waals surface area contributed by atoms with Gasteiger partial charge in [-0.25, -0.2) is 0 Å². The molecule has 0 spiro atoms. The summed E-state index contributed by atoms with van der Waals surface area (Å²) >= 11 is 6.61. The van der Waals surface area contributed by atoms with E-state index in [1.165, 1.54) is 18.1 Å². The molecule has 2 aromatic carbocycles. The van der Waals surface area contributed by atoms with Crippen LogP contribution in [0, 0.1) is 17.8 Å². The number of phenols is 1. The summed E-state index contributed by atoms with van der Waals surface area (Å²) < 4.78 is 5.91. The monoisotopic (exact) mass is 663 g/mol. The van der Waals surface area contributed by atoms with Crippen LogP contribution < -0.4 is 9.64 Å². The second kappa shape index (κ2) is 9.82. The van der Waals surface area contributed by atoms with E-state index in [0.717, 1.165) is 11.1 Å². The Hall–Kier alpha value is -3.56. The number of hydrogen-bond donors (Lipinski definition) is 1. The molecule has 4 aliphatic rings. The molecule has 7 nitrogen and oxygen atoms in total. The first kappa shape index (κ1) is 26.7. The van der Waals surface area contributed by atoms with Crippen molar-refractivity contribution >= 4 is 67.0 Å². The van der Waals surface area contributed by atoms with Crippen molar-refractivity contribution in [2.75, 3.05) is 12.0 Å². The first-order valence-electron chi connectivity index (χ1n) is 12.7. The van der Waals surface area contributed by atoms with E-state index in [0.29, 0.717) is 33.3 Å². The summed E-state index contributed by atoms with van der Waals surface area (Å²) in [4.78, 5) is 55.6. The largest absolute Gasteiger partial charge is 0.503 e. The second-order valence-electron chi connectivity index (χ2n) is 10.3. The van der Waals surface area contributed by atoms with Crippen LogP contribution in [0.3, 0.4) is 0 Å². The maximum absolute atomic E-state index is 14.0. The molecule has 1 N–H and O–H groups in total. The number of carbonyl (C=O) groups is 4. The van der Waals surface area contributed by atoms with E-state index in [4.69, 9.17) is 4.74 Å². The Kier molecular flexibility index (Phi) is 6.54. The number of amides is 2. The van der Waals surface area contributed by atoms with Gasteiger partial charge in [-0.1, -0.05) is 36.4 Å². The average Bonchev–Trinajstić information content (AvgIpc) is 3.21. The third-order valence-corrected chi connectivity index (χ3v) is 9.52. The lowest BCUT2D eigenvalue weighted by molar-refractivity contribution is -0.123. The van der Waals surface area contributed by atoms with Gasteiger partial charge in [-0.3, -0.25) is 24.1 Å². The minimum Gasteiger partial charge on any atom is -0.503 e. The van der Waals surface area contributed by atoms with Crippen molar-refractivity contribution in [2.45, 2.75) is 18.8 Å².